The van der Waals surface area contributed by atoms with E-state index in [1.165, 1.54) is 0 Å². The van der Waals surface area contributed by atoms with Crippen molar-refractivity contribution in [1.82, 2.24) is 0 Å². The fourth-order valence-electron chi connectivity index (χ4n) is 1.54. The molecular weight excluding hydrogens is 181 g/mol. The number of nitrogens with zero attached hydrogens (tertiary/aromatic N) is 1. The van der Waals surface area contributed by atoms with Gasteiger partial charge < -0.3 is 4.48 Å². The van der Waals surface area contributed by atoms with Crippen molar-refractivity contribution >= 4 is 0 Å². The molecule has 0 heterocycles. The molecule has 0 atom stereocenters. The van der Waals surface area contributed by atoms with E-state index in [0.29, 0.717) is 0 Å². The quantitative estimate of drug-likeness (QED) is 0.283. The van der Waals surface area contributed by atoms with Crippen LogP contribution < -0.4 is 29.6 Å². The Balaban J connectivity index is 0. The van der Waals surface area contributed by atoms with Crippen LogP contribution in [0.25, 0.3) is 0 Å². The third kappa shape index (κ3) is 5.61. The molecule has 0 aliphatic carbocycles. The van der Waals surface area contributed by atoms with Crippen molar-refractivity contribution in [2.75, 3.05) is 26.2 Å². The van der Waals surface area contributed by atoms with E-state index in [0.717, 1.165) is 30.7 Å². The fourth-order valence-corrected chi connectivity index (χ4v) is 1.54. The van der Waals surface area contributed by atoms with Gasteiger partial charge in [0.1, 0.15) is 0 Å². The molecule has 14 heavy (non-hydrogen) atoms. The smallest absolute Gasteiger partial charge is 0.311 e. The van der Waals surface area contributed by atoms with Gasteiger partial charge >= 0.3 is 29.6 Å². The SMILES string of the molecule is C=CC[N+](CC=C)(CC=C)CC=C.[Na+]. The molecule has 0 saturated carbocycles. The van der Waals surface area contributed by atoms with Crippen LogP contribution in [0.4, 0.5) is 0 Å². The van der Waals surface area contributed by atoms with E-state index in [1.807, 2.05) is 24.3 Å². The van der Waals surface area contributed by atoms with Gasteiger partial charge in [-0.2, -0.15) is 0 Å². The number of quaternary nitrogens is 1. The molecule has 0 aromatic heterocycles. The van der Waals surface area contributed by atoms with Gasteiger partial charge in [0, 0.05) is 0 Å². The molecule has 0 rings (SSSR count). The van der Waals surface area contributed by atoms with E-state index in [9.17, 15) is 0 Å². The summed E-state index contributed by atoms with van der Waals surface area (Å²) in [5.74, 6) is 0. The first-order valence-electron chi connectivity index (χ1n) is 4.53. The second-order valence-corrected chi connectivity index (χ2v) is 3.23. The van der Waals surface area contributed by atoms with Crippen molar-refractivity contribution in [2.45, 2.75) is 0 Å². The van der Waals surface area contributed by atoms with Crippen molar-refractivity contribution < 1.29 is 34.0 Å². The fraction of sp³-hybridized carbons (Fsp3) is 0.333. The molecule has 0 saturated heterocycles. The molecule has 0 radical (unpaired) electrons. The van der Waals surface area contributed by atoms with Gasteiger partial charge in [-0.3, -0.25) is 0 Å². The first-order valence-corrected chi connectivity index (χ1v) is 4.53. The molecule has 2 heteroatoms. The Morgan fingerprint density at radius 2 is 0.857 bits per heavy atom. The average molecular weight is 201 g/mol. The predicted octanol–water partition coefficient (Wildman–Crippen LogP) is -0.449. The van der Waals surface area contributed by atoms with Crippen LogP contribution in [-0.4, -0.2) is 30.7 Å². The minimum atomic E-state index is 0. The van der Waals surface area contributed by atoms with Crippen molar-refractivity contribution in [2.24, 2.45) is 0 Å². The van der Waals surface area contributed by atoms with Gasteiger partial charge in [0.15, 0.2) is 0 Å². The Hall–Kier alpha value is -0.0800. The van der Waals surface area contributed by atoms with Crippen molar-refractivity contribution in [1.29, 1.82) is 0 Å². The van der Waals surface area contributed by atoms with Gasteiger partial charge in [0.05, 0.1) is 26.2 Å². The Labute approximate surface area is 110 Å². The third-order valence-corrected chi connectivity index (χ3v) is 2.07. The Morgan fingerprint density at radius 1 is 0.643 bits per heavy atom. The van der Waals surface area contributed by atoms with Gasteiger partial charge in [-0.25, -0.2) is 0 Å². The van der Waals surface area contributed by atoms with Crippen LogP contribution >= 0.6 is 0 Å². The first kappa shape index (κ1) is 16.4. The Morgan fingerprint density at radius 3 is 1.00 bits per heavy atom. The van der Waals surface area contributed by atoms with Gasteiger partial charge in [-0.05, 0) is 24.3 Å². The number of hydrogen-bond acceptors (Lipinski definition) is 0. The van der Waals surface area contributed by atoms with E-state index >= 15 is 0 Å². The minimum Gasteiger partial charge on any atom is -0.311 e. The second kappa shape index (κ2) is 9.47. The van der Waals surface area contributed by atoms with Crippen LogP contribution in [0.2, 0.25) is 0 Å². The van der Waals surface area contributed by atoms with E-state index in [4.69, 9.17) is 0 Å². The van der Waals surface area contributed by atoms with Gasteiger partial charge in [0.25, 0.3) is 0 Å². The summed E-state index contributed by atoms with van der Waals surface area (Å²) in [6.07, 6.45) is 7.76. The number of hydrogen-bond donors (Lipinski definition) is 0. The van der Waals surface area contributed by atoms with E-state index < -0.39 is 0 Å². The van der Waals surface area contributed by atoms with Crippen molar-refractivity contribution in [3.8, 4) is 0 Å². The molecule has 0 aliphatic heterocycles. The van der Waals surface area contributed by atoms with Crippen LogP contribution in [0.1, 0.15) is 0 Å². The summed E-state index contributed by atoms with van der Waals surface area (Å²) >= 11 is 0. The topological polar surface area (TPSA) is 0 Å². The molecule has 0 amide bonds. The van der Waals surface area contributed by atoms with E-state index in [2.05, 4.69) is 26.3 Å². The zero-order valence-corrected chi connectivity index (χ0v) is 11.4. The summed E-state index contributed by atoms with van der Waals surface area (Å²) in [5.41, 5.74) is 0. The molecule has 0 N–H and O–H groups in total. The standard InChI is InChI=1S/C12H20N.Na/c1-5-9-13(10-6-2,11-7-3)12-8-4;/h5-8H,1-4,9-12H2;/q2*+1. The monoisotopic (exact) mass is 201 g/mol. The average Bonchev–Trinajstić information content (AvgIpc) is 2.06. The Kier molecular flexibility index (Phi) is 11.1. The molecule has 72 valence electrons. The maximum absolute atomic E-state index is 3.77. The van der Waals surface area contributed by atoms with Gasteiger partial charge in [0.2, 0.25) is 0 Å². The van der Waals surface area contributed by atoms with Crippen molar-refractivity contribution in [3.05, 3.63) is 50.6 Å². The molecular formula is C12H20NNa+2. The molecule has 0 bridgehead atoms. The van der Waals surface area contributed by atoms with Crippen LogP contribution in [0.3, 0.4) is 0 Å². The van der Waals surface area contributed by atoms with E-state index in [1.54, 1.807) is 0 Å². The van der Waals surface area contributed by atoms with Crippen LogP contribution in [-0.2, 0) is 0 Å². The zero-order chi connectivity index (χ0) is 10.2. The molecule has 0 aliphatic rings. The molecule has 0 unspecified atom stereocenters. The normalized spacial score (nSPS) is 9.71. The molecule has 0 spiro atoms. The van der Waals surface area contributed by atoms with Gasteiger partial charge in [-0.15, -0.1) is 0 Å². The summed E-state index contributed by atoms with van der Waals surface area (Å²) in [4.78, 5) is 0. The molecule has 1 nitrogen and oxygen atoms in total. The summed E-state index contributed by atoms with van der Waals surface area (Å²) in [7, 11) is 0. The molecule has 0 aromatic rings. The maximum atomic E-state index is 3.77. The third-order valence-electron chi connectivity index (χ3n) is 2.07. The summed E-state index contributed by atoms with van der Waals surface area (Å²) in [6.45, 7) is 18.8. The molecule has 0 aromatic carbocycles. The summed E-state index contributed by atoms with van der Waals surface area (Å²) in [6, 6.07) is 0. The predicted molar refractivity (Wildman–Crippen MR) is 60.5 cm³/mol. The zero-order valence-electron chi connectivity index (χ0n) is 9.41. The summed E-state index contributed by atoms with van der Waals surface area (Å²) < 4.78 is 0.903. The summed E-state index contributed by atoms with van der Waals surface area (Å²) in [5, 5.41) is 0. The van der Waals surface area contributed by atoms with Crippen molar-refractivity contribution in [3.63, 3.8) is 0 Å². The van der Waals surface area contributed by atoms with Crippen LogP contribution in [0, 0.1) is 0 Å². The minimum absolute atomic E-state index is 0. The van der Waals surface area contributed by atoms with E-state index in [-0.39, 0.29) is 29.6 Å². The van der Waals surface area contributed by atoms with Crippen LogP contribution in [0.15, 0.2) is 50.6 Å². The molecule has 0 fully saturated rings. The second-order valence-electron chi connectivity index (χ2n) is 3.23. The maximum Gasteiger partial charge on any atom is 1.00 e. The number of rotatable bonds is 8. The van der Waals surface area contributed by atoms with Gasteiger partial charge in [-0.1, -0.05) is 26.3 Å². The van der Waals surface area contributed by atoms with Crippen LogP contribution in [0.5, 0.6) is 0 Å². The largest absolute Gasteiger partial charge is 1.00 e. The Bertz CT molecular complexity index is 151. The first-order chi connectivity index (χ1) is 6.24.